The molecule has 8 heteroatoms. The summed E-state index contributed by atoms with van der Waals surface area (Å²) in [6, 6.07) is 12.9. The maximum absolute atomic E-state index is 12.8. The number of methoxy groups -OCH3 is 1. The normalized spacial score (nSPS) is 13.7. The van der Waals surface area contributed by atoms with Gasteiger partial charge in [0.15, 0.2) is 0 Å². The zero-order valence-corrected chi connectivity index (χ0v) is 22.7. The molecular formula is C28H31N3O4Se. The molecule has 0 radical (unpaired) electrons. The number of phenols is 1. The van der Waals surface area contributed by atoms with Crippen LogP contribution in [0.1, 0.15) is 38.6 Å². The molecule has 0 spiro atoms. The SMILES string of the molecule is CCN(CC)CCNC(=O)c1cc(C=C2C(=O)Nc3cc(-c4ccc(O)c(OC)c4)ccc32)[se]c1C. The summed E-state index contributed by atoms with van der Waals surface area (Å²) >= 11 is -0.00981. The minimum absolute atomic E-state index is 0.00981. The van der Waals surface area contributed by atoms with Gasteiger partial charge in [-0.15, -0.1) is 0 Å². The van der Waals surface area contributed by atoms with E-state index in [-0.39, 0.29) is 32.1 Å². The van der Waals surface area contributed by atoms with Gasteiger partial charge in [-0.2, -0.15) is 0 Å². The van der Waals surface area contributed by atoms with Gasteiger partial charge in [-0.1, -0.05) is 0 Å². The number of aromatic hydroxyl groups is 1. The van der Waals surface area contributed by atoms with Gasteiger partial charge >= 0.3 is 218 Å². The summed E-state index contributed by atoms with van der Waals surface area (Å²) < 4.78 is 7.28. The number of aryl methyl sites for hydroxylation is 1. The summed E-state index contributed by atoms with van der Waals surface area (Å²) in [5.74, 6) is 0.259. The van der Waals surface area contributed by atoms with Gasteiger partial charge in [0, 0.05) is 0 Å². The van der Waals surface area contributed by atoms with Gasteiger partial charge in [0.05, 0.1) is 0 Å². The van der Waals surface area contributed by atoms with Crippen molar-refractivity contribution in [2.24, 2.45) is 0 Å². The first-order valence-electron chi connectivity index (χ1n) is 12.0. The van der Waals surface area contributed by atoms with Crippen LogP contribution in [0.2, 0.25) is 0 Å². The Balaban J connectivity index is 1.54. The summed E-state index contributed by atoms with van der Waals surface area (Å²) in [7, 11) is 1.51. The predicted octanol–water partition coefficient (Wildman–Crippen LogP) is 4.00. The number of phenolic OH excluding ortho intramolecular Hbond substituents is 1. The molecule has 0 atom stereocenters. The number of anilines is 1. The molecule has 3 N–H and O–H groups in total. The molecule has 2 amide bonds. The number of fused-ring (bicyclic) bond motifs is 1. The molecule has 0 fully saturated rings. The van der Waals surface area contributed by atoms with Crippen molar-refractivity contribution in [2.75, 3.05) is 38.6 Å². The van der Waals surface area contributed by atoms with Gasteiger partial charge in [-0.25, -0.2) is 0 Å². The molecule has 0 saturated heterocycles. The van der Waals surface area contributed by atoms with Crippen molar-refractivity contribution in [1.82, 2.24) is 10.2 Å². The molecule has 2 heterocycles. The van der Waals surface area contributed by atoms with E-state index in [0.29, 0.717) is 23.4 Å². The Kier molecular flexibility index (Phi) is 7.99. The molecule has 7 nitrogen and oxygen atoms in total. The number of hydrogen-bond acceptors (Lipinski definition) is 5. The van der Waals surface area contributed by atoms with Gasteiger partial charge < -0.3 is 0 Å². The molecule has 2 aromatic carbocycles. The number of benzene rings is 2. The molecule has 1 aliphatic rings. The molecule has 36 heavy (non-hydrogen) atoms. The third kappa shape index (κ3) is 5.41. The van der Waals surface area contributed by atoms with Crippen molar-refractivity contribution in [1.29, 1.82) is 0 Å². The van der Waals surface area contributed by atoms with Crippen LogP contribution in [-0.4, -0.2) is 69.6 Å². The minimum atomic E-state index is -0.156. The van der Waals surface area contributed by atoms with E-state index in [1.807, 2.05) is 43.3 Å². The molecule has 1 aliphatic heterocycles. The van der Waals surface area contributed by atoms with E-state index in [0.717, 1.165) is 50.9 Å². The molecule has 3 aromatic rings. The van der Waals surface area contributed by atoms with Crippen molar-refractivity contribution in [3.8, 4) is 22.6 Å². The molecule has 0 unspecified atom stereocenters. The van der Waals surface area contributed by atoms with Crippen LogP contribution in [0.25, 0.3) is 22.8 Å². The Morgan fingerprint density at radius 1 is 1.14 bits per heavy atom. The number of rotatable bonds is 9. The second kappa shape index (κ2) is 11.2. The number of likely N-dealkylation sites (N-methyl/N-ethyl adjacent to an activating group) is 1. The van der Waals surface area contributed by atoms with Crippen LogP contribution in [0.4, 0.5) is 5.69 Å². The van der Waals surface area contributed by atoms with Gasteiger partial charge in [0.2, 0.25) is 0 Å². The van der Waals surface area contributed by atoms with Gasteiger partial charge in [-0.05, 0) is 0 Å². The summed E-state index contributed by atoms with van der Waals surface area (Å²) in [6.45, 7) is 9.58. The fourth-order valence-electron chi connectivity index (χ4n) is 4.28. The van der Waals surface area contributed by atoms with Crippen molar-refractivity contribution in [2.45, 2.75) is 20.8 Å². The third-order valence-corrected chi connectivity index (χ3v) is 8.48. The second-order valence-electron chi connectivity index (χ2n) is 8.56. The fourth-order valence-corrected chi connectivity index (χ4v) is 6.31. The molecule has 188 valence electrons. The van der Waals surface area contributed by atoms with Crippen molar-refractivity contribution in [3.05, 3.63) is 62.5 Å². The number of carbonyl (C=O) groups is 2. The number of nitrogens with zero attached hydrogens (tertiary/aromatic N) is 1. The van der Waals surface area contributed by atoms with Crippen molar-refractivity contribution < 1.29 is 19.4 Å². The predicted molar refractivity (Wildman–Crippen MR) is 145 cm³/mol. The first kappa shape index (κ1) is 25.8. The van der Waals surface area contributed by atoms with E-state index in [1.54, 1.807) is 12.1 Å². The number of ether oxygens (including phenoxy) is 1. The number of nitrogens with one attached hydrogen (secondary N) is 2. The van der Waals surface area contributed by atoms with Crippen LogP contribution in [0, 0.1) is 6.92 Å². The van der Waals surface area contributed by atoms with E-state index in [2.05, 4.69) is 29.4 Å². The summed E-state index contributed by atoms with van der Waals surface area (Å²) in [5.41, 5.74) is 4.65. The van der Waals surface area contributed by atoms with Gasteiger partial charge in [-0.3, -0.25) is 0 Å². The standard InChI is InChI=1S/C28H31N3O4Se/c1-5-31(6-2)12-11-29-27(33)22-15-20(36-17(22)3)16-23-21-9-7-18(13-24(21)30-28(23)34)19-8-10-25(32)26(14-19)35-4/h7-10,13-16,32H,5-6,11-12H2,1-4H3,(H,29,33)(H,30,34). The molecule has 0 bridgehead atoms. The average molecular weight is 553 g/mol. The Morgan fingerprint density at radius 2 is 1.86 bits per heavy atom. The summed E-state index contributed by atoms with van der Waals surface area (Å²) in [4.78, 5) is 27.8. The van der Waals surface area contributed by atoms with E-state index in [1.165, 1.54) is 7.11 Å². The monoisotopic (exact) mass is 553 g/mol. The second-order valence-corrected chi connectivity index (χ2v) is 11.3. The first-order chi connectivity index (χ1) is 17.3. The Labute approximate surface area is 217 Å². The number of hydrogen-bond donors (Lipinski definition) is 3. The molecular weight excluding hydrogens is 521 g/mol. The van der Waals surface area contributed by atoms with E-state index >= 15 is 0 Å². The van der Waals surface area contributed by atoms with Gasteiger partial charge in [0.1, 0.15) is 0 Å². The van der Waals surface area contributed by atoms with Crippen LogP contribution in [0.3, 0.4) is 0 Å². The van der Waals surface area contributed by atoms with E-state index < -0.39 is 0 Å². The van der Waals surface area contributed by atoms with E-state index in [9.17, 15) is 14.7 Å². The van der Waals surface area contributed by atoms with E-state index in [4.69, 9.17) is 4.74 Å². The summed E-state index contributed by atoms with van der Waals surface area (Å²) in [5, 5.41) is 15.9. The molecule has 4 rings (SSSR count). The Bertz CT molecular complexity index is 1320. The van der Waals surface area contributed by atoms with Crippen molar-refractivity contribution in [3.63, 3.8) is 0 Å². The van der Waals surface area contributed by atoms with Crippen LogP contribution in [-0.2, 0) is 4.79 Å². The zero-order chi connectivity index (χ0) is 25.8. The van der Waals surface area contributed by atoms with Crippen LogP contribution in [0.15, 0.2) is 42.5 Å². The van der Waals surface area contributed by atoms with Crippen LogP contribution in [0.5, 0.6) is 11.5 Å². The fraction of sp³-hybridized carbons (Fsp3) is 0.286. The third-order valence-electron chi connectivity index (χ3n) is 6.39. The van der Waals surface area contributed by atoms with Crippen LogP contribution < -0.4 is 15.4 Å². The Morgan fingerprint density at radius 3 is 2.58 bits per heavy atom. The van der Waals surface area contributed by atoms with Crippen LogP contribution >= 0.6 is 0 Å². The molecule has 0 aliphatic carbocycles. The molecule has 1 aromatic heterocycles. The van der Waals surface area contributed by atoms with Crippen molar-refractivity contribution >= 4 is 43.7 Å². The zero-order valence-electron chi connectivity index (χ0n) is 21.0. The number of amides is 2. The Hall–Kier alpha value is -3.32. The first-order valence-corrected chi connectivity index (χ1v) is 13.7. The van der Waals surface area contributed by atoms with Gasteiger partial charge in [0.25, 0.3) is 0 Å². The maximum atomic E-state index is 12.8. The summed E-state index contributed by atoms with van der Waals surface area (Å²) in [6.07, 6.45) is 1.91. The average Bonchev–Trinajstić information content (AvgIpc) is 3.40. The topological polar surface area (TPSA) is 90.9 Å². The molecule has 0 saturated carbocycles. The quantitative estimate of drug-likeness (QED) is 0.276. The number of carbonyl (C=O) groups excluding carboxylic acids is 2.